The summed E-state index contributed by atoms with van der Waals surface area (Å²) in [7, 11) is 0. The van der Waals surface area contributed by atoms with Crippen molar-refractivity contribution in [2.75, 3.05) is 0 Å². The number of fused-ring (bicyclic) bond motifs is 5. The Bertz CT molecular complexity index is 1100. The van der Waals surface area contributed by atoms with Crippen LogP contribution in [0.25, 0.3) is 28.0 Å². The van der Waals surface area contributed by atoms with Gasteiger partial charge in [0.05, 0.1) is 0 Å². The van der Waals surface area contributed by atoms with E-state index < -0.39 is 0 Å². The van der Waals surface area contributed by atoms with Crippen molar-refractivity contribution >= 4 is 16.8 Å². The fourth-order valence-corrected chi connectivity index (χ4v) is 4.21. The van der Waals surface area contributed by atoms with Gasteiger partial charge in [-0.15, -0.1) is 0 Å². The summed E-state index contributed by atoms with van der Waals surface area (Å²) >= 11 is 0. The average molecular weight is 346 g/mol. The van der Waals surface area contributed by atoms with Gasteiger partial charge < -0.3 is 0 Å². The van der Waals surface area contributed by atoms with Crippen LogP contribution in [0.4, 0.5) is 0 Å². The second kappa shape index (κ2) is 6.89. The quantitative estimate of drug-likeness (QED) is 0.282. The van der Waals surface area contributed by atoms with Crippen molar-refractivity contribution in [3.8, 4) is 11.1 Å². The molecule has 0 bridgehead atoms. The Hall–Kier alpha value is -3.12. The van der Waals surface area contributed by atoms with Crippen LogP contribution in [0.1, 0.15) is 28.7 Å². The number of hydrogen-bond donors (Lipinski definition) is 0. The Kier molecular flexibility index (Phi) is 4.10. The third kappa shape index (κ3) is 3.08. The molecule has 130 valence electrons. The van der Waals surface area contributed by atoms with Gasteiger partial charge in [0.25, 0.3) is 0 Å². The Morgan fingerprint density at radius 2 is 1.15 bits per heavy atom. The molecular formula is C27H22. The van der Waals surface area contributed by atoms with Gasteiger partial charge in [-0.3, -0.25) is 0 Å². The lowest BCUT2D eigenvalue weighted by Gasteiger charge is -2.11. The van der Waals surface area contributed by atoms with Crippen LogP contribution < -0.4 is 0 Å². The van der Waals surface area contributed by atoms with E-state index in [-0.39, 0.29) is 0 Å². The summed E-state index contributed by atoms with van der Waals surface area (Å²) in [6.07, 6.45) is 7.98. The molecule has 4 aromatic carbocycles. The van der Waals surface area contributed by atoms with E-state index in [4.69, 9.17) is 0 Å². The molecule has 0 atom stereocenters. The molecule has 0 heteroatoms. The molecule has 2 aliphatic carbocycles. The van der Waals surface area contributed by atoms with Crippen molar-refractivity contribution in [2.45, 2.75) is 19.3 Å². The molecule has 0 aromatic heterocycles. The number of rotatable bonds is 0. The van der Waals surface area contributed by atoms with E-state index in [1.165, 1.54) is 57.0 Å². The largest absolute Gasteiger partial charge is 0.0836 e. The summed E-state index contributed by atoms with van der Waals surface area (Å²) in [5.41, 5.74) is 8.64. The smallest absolute Gasteiger partial charge is 0.00135 e. The zero-order valence-corrected chi connectivity index (χ0v) is 15.4. The van der Waals surface area contributed by atoms with Crippen molar-refractivity contribution in [3.05, 3.63) is 113 Å². The maximum atomic E-state index is 2.33. The average Bonchev–Trinajstić information content (AvgIpc) is 3.11. The monoisotopic (exact) mass is 346 g/mol. The molecular weight excluding hydrogens is 324 g/mol. The first-order chi connectivity index (χ1) is 13.4. The molecule has 6 rings (SSSR count). The lowest BCUT2D eigenvalue weighted by Crippen LogP contribution is -1.93. The molecule has 0 saturated carbocycles. The Balaban J connectivity index is 0.000000119. The van der Waals surface area contributed by atoms with Gasteiger partial charge in [-0.25, -0.2) is 0 Å². The normalized spacial score (nSPS) is 13.3. The number of hydrogen-bond acceptors (Lipinski definition) is 0. The van der Waals surface area contributed by atoms with Gasteiger partial charge in [0.15, 0.2) is 0 Å². The Morgan fingerprint density at radius 3 is 1.85 bits per heavy atom. The van der Waals surface area contributed by atoms with Gasteiger partial charge in [-0.05, 0) is 69.5 Å². The van der Waals surface area contributed by atoms with Crippen molar-refractivity contribution in [1.82, 2.24) is 0 Å². The molecule has 0 amide bonds. The predicted molar refractivity (Wildman–Crippen MR) is 116 cm³/mol. The highest BCUT2D eigenvalue weighted by Gasteiger charge is 2.15. The topological polar surface area (TPSA) is 0 Å². The predicted octanol–water partition coefficient (Wildman–Crippen LogP) is 7.06. The first-order valence-electron chi connectivity index (χ1n) is 9.73. The van der Waals surface area contributed by atoms with Gasteiger partial charge in [-0.2, -0.15) is 0 Å². The van der Waals surface area contributed by atoms with E-state index in [1.54, 1.807) is 0 Å². The van der Waals surface area contributed by atoms with Gasteiger partial charge in [0.1, 0.15) is 0 Å². The highest BCUT2D eigenvalue weighted by Crippen LogP contribution is 2.35. The minimum Gasteiger partial charge on any atom is -0.0836 e. The maximum absolute atomic E-state index is 2.33. The van der Waals surface area contributed by atoms with Crippen molar-refractivity contribution in [2.24, 2.45) is 0 Å². The van der Waals surface area contributed by atoms with Crippen LogP contribution in [0.15, 0.2) is 91.0 Å². The van der Waals surface area contributed by atoms with E-state index in [1.807, 2.05) is 0 Å². The standard InChI is InChI=1S/C14H12.C13H10/c1-2-6-12-10-14-8-4-3-7-13(14)9-11(12)5-1;1-3-7-12-10(5-1)9-11-6-2-4-8-13(11)12/h1-3,5-7,9-10H,4,8H2;1-8H,9H2. The third-order valence-corrected chi connectivity index (χ3v) is 5.59. The van der Waals surface area contributed by atoms with Crippen LogP contribution >= 0.6 is 0 Å². The molecule has 0 spiro atoms. The van der Waals surface area contributed by atoms with Crippen LogP contribution in [0.5, 0.6) is 0 Å². The molecule has 0 nitrogen and oxygen atoms in total. The first kappa shape index (κ1) is 16.1. The number of benzene rings is 4. The van der Waals surface area contributed by atoms with E-state index >= 15 is 0 Å². The van der Waals surface area contributed by atoms with Gasteiger partial charge in [0.2, 0.25) is 0 Å². The zero-order chi connectivity index (χ0) is 18.1. The van der Waals surface area contributed by atoms with Gasteiger partial charge in [0, 0.05) is 0 Å². The molecule has 4 aromatic rings. The third-order valence-electron chi connectivity index (χ3n) is 5.59. The highest BCUT2D eigenvalue weighted by molar-refractivity contribution is 5.86. The fraction of sp³-hybridized carbons (Fsp3) is 0.111. The van der Waals surface area contributed by atoms with E-state index in [0.29, 0.717) is 0 Å². The summed E-state index contributed by atoms with van der Waals surface area (Å²) in [6, 6.07) is 30.5. The second-order valence-electron chi connectivity index (χ2n) is 7.33. The van der Waals surface area contributed by atoms with Gasteiger partial charge >= 0.3 is 0 Å². The molecule has 0 heterocycles. The molecule has 27 heavy (non-hydrogen) atoms. The van der Waals surface area contributed by atoms with Crippen LogP contribution in [-0.2, 0) is 12.8 Å². The molecule has 0 N–H and O–H groups in total. The molecule has 0 saturated heterocycles. The maximum Gasteiger partial charge on any atom is -0.00135 e. The first-order valence-corrected chi connectivity index (χ1v) is 9.73. The molecule has 0 aliphatic heterocycles. The van der Waals surface area contributed by atoms with E-state index in [0.717, 1.165) is 6.42 Å². The molecule has 0 unspecified atom stereocenters. The summed E-state index contributed by atoms with van der Waals surface area (Å²) in [4.78, 5) is 0. The summed E-state index contributed by atoms with van der Waals surface area (Å²) in [5, 5.41) is 2.71. The number of allylic oxidation sites excluding steroid dienone is 1. The summed E-state index contributed by atoms with van der Waals surface area (Å²) < 4.78 is 0. The van der Waals surface area contributed by atoms with Crippen molar-refractivity contribution in [3.63, 3.8) is 0 Å². The van der Waals surface area contributed by atoms with Crippen LogP contribution in [0, 0.1) is 0 Å². The summed E-state index contributed by atoms with van der Waals surface area (Å²) in [5.74, 6) is 0. The lowest BCUT2D eigenvalue weighted by atomic mass is 9.94. The minimum absolute atomic E-state index is 1.10. The van der Waals surface area contributed by atoms with E-state index in [2.05, 4.69) is 97.1 Å². The lowest BCUT2D eigenvalue weighted by molar-refractivity contribution is 0.989. The highest BCUT2D eigenvalue weighted by atomic mass is 14.2. The summed E-state index contributed by atoms with van der Waals surface area (Å²) in [6.45, 7) is 0. The molecule has 0 fully saturated rings. The van der Waals surface area contributed by atoms with Crippen LogP contribution in [0.2, 0.25) is 0 Å². The second-order valence-corrected chi connectivity index (χ2v) is 7.33. The van der Waals surface area contributed by atoms with E-state index in [9.17, 15) is 0 Å². The fourth-order valence-electron chi connectivity index (χ4n) is 4.21. The SMILES string of the molecule is C1=Cc2cc3ccccc3cc2CC1.c1ccc2c(c1)Cc1ccccc1-2. The van der Waals surface area contributed by atoms with Crippen LogP contribution in [-0.4, -0.2) is 0 Å². The van der Waals surface area contributed by atoms with Crippen molar-refractivity contribution in [1.29, 1.82) is 0 Å². The molecule has 0 radical (unpaired) electrons. The van der Waals surface area contributed by atoms with Crippen LogP contribution in [0.3, 0.4) is 0 Å². The Labute approximate surface area is 160 Å². The van der Waals surface area contributed by atoms with Gasteiger partial charge in [-0.1, -0.05) is 91.0 Å². The van der Waals surface area contributed by atoms with Crippen molar-refractivity contribution < 1.29 is 0 Å². The zero-order valence-electron chi connectivity index (χ0n) is 15.4. The number of aryl methyl sites for hydroxylation is 1. The Morgan fingerprint density at radius 1 is 0.556 bits per heavy atom. The minimum atomic E-state index is 1.10. The molecule has 2 aliphatic rings.